The Morgan fingerprint density at radius 1 is 0.511 bits per heavy atom. The molecule has 0 saturated carbocycles. The van der Waals surface area contributed by atoms with Gasteiger partial charge in [0.15, 0.2) is 0 Å². The Bertz CT molecular complexity index is 1680. The molecule has 232 valence electrons. The Balaban J connectivity index is 1.52. The maximum atomic E-state index is 2.71. The van der Waals surface area contributed by atoms with Gasteiger partial charge in [-0.15, -0.1) is 0 Å². The Morgan fingerprint density at radius 3 is 1.18 bits per heavy atom. The van der Waals surface area contributed by atoms with Gasteiger partial charge in [-0.2, -0.15) is 0 Å². The molecule has 4 aromatic carbocycles. The van der Waals surface area contributed by atoms with Gasteiger partial charge < -0.3 is 0 Å². The Morgan fingerprint density at radius 2 is 0.867 bits per heavy atom. The van der Waals surface area contributed by atoms with E-state index < -0.39 is 13.3 Å². The zero-order valence-electron chi connectivity index (χ0n) is 29.4. The van der Waals surface area contributed by atoms with Crippen LogP contribution in [0.3, 0.4) is 0 Å². The fraction of sp³-hybridized carbons (Fsp3) is 0.364. The van der Waals surface area contributed by atoms with Crippen LogP contribution in [0.2, 0.25) is 11.5 Å². The molecule has 1 heteroatoms. The van der Waals surface area contributed by atoms with Gasteiger partial charge in [-0.05, 0) is 0 Å². The standard InChI is InChI=1S/C44H52Ge/c1-11-29-27-33-15-13-17-37(31-19-23-35(24-20-31)43(3,4)5)39(33)41(29)45(9,10)42-30(12-2)28-34-16-14-18-38(40(34)42)32-21-25-36(26-22-32)44(6,7)8/h13-26H,11-12,27-28H2,1-10H3. The Labute approximate surface area is 276 Å². The first kappa shape index (κ1) is 31.9. The molecule has 0 atom stereocenters. The van der Waals surface area contributed by atoms with Crippen LogP contribution in [0.4, 0.5) is 0 Å². The average molecular weight is 654 g/mol. The van der Waals surface area contributed by atoms with Gasteiger partial charge in [0.25, 0.3) is 0 Å². The average Bonchev–Trinajstić information content (AvgIpc) is 3.60. The van der Waals surface area contributed by atoms with Crippen LogP contribution in [0.25, 0.3) is 31.1 Å². The van der Waals surface area contributed by atoms with Gasteiger partial charge in [-0.1, -0.05) is 0 Å². The van der Waals surface area contributed by atoms with E-state index in [1.54, 1.807) is 31.1 Å². The third-order valence-electron chi connectivity index (χ3n) is 10.5. The molecule has 2 aliphatic carbocycles. The van der Waals surface area contributed by atoms with Crippen LogP contribution in [0.5, 0.6) is 0 Å². The fourth-order valence-electron chi connectivity index (χ4n) is 8.09. The third-order valence-corrected chi connectivity index (χ3v) is 18.3. The minimum absolute atomic E-state index is 0.151. The maximum absolute atomic E-state index is 2.86. The molecule has 0 aliphatic heterocycles. The number of hydrogen-bond acceptors (Lipinski definition) is 0. The molecule has 6 rings (SSSR count). The zero-order valence-corrected chi connectivity index (χ0v) is 31.5. The summed E-state index contributed by atoms with van der Waals surface area (Å²) in [6.07, 6.45) is 4.44. The SMILES string of the molecule is CCC1=[C]([Ge]([CH3])([CH3])[C]2=C(CC)Cc3cccc(-c4ccc(C(C)(C)C)cc4)c32)c2c(cccc2-c2ccc(C(C)(C)C)cc2)C1. The van der Waals surface area contributed by atoms with Crippen LogP contribution in [0.15, 0.2) is 96.1 Å². The van der Waals surface area contributed by atoms with Gasteiger partial charge in [-0.3, -0.25) is 0 Å². The second-order valence-corrected chi connectivity index (χ2v) is 24.9. The number of fused-ring (bicyclic) bond motifs is 2. The van der Waals surface area contributed by atoms with Crippen LogP contribution in [-0.2, 0) is 23.7 Å². The molecule has 0 amide bonds. The second-order valence-electron chi connectivity index (χ2n) is 16.0. The Kier molecular flexibility index (Phi) is 8.22. The van der Waals surface area contributed by atoms with E-state index in [1.165, 1.54) is 44.5 Å². The first-order valence-electron chi connectivity index (χ1n) is 17.2. The summed E-state index contributed by atoms with van der Waals surface area (Å²) < 4.78 is 3.49. The van der Waals surface area contributed by atoms with Crippen LogP contribution in [0.1, 0.15) is 102 Å². The van der Waals surface area contributed by atoms with Crippen LogP contribution >= 0.6 is 0 Å². The summed E-state index contributed by atoms with van der Waals surface area (Å²) >= 11 is -2.86. The first-order valence-corrected chi connectivity index (χ1v) is 23.5. The number of hydrogen-bond donors (Lipinski definition) is 0. The van der Waals surface area contributed by atoms with Crippen molar-refractivity contribution >= 4 is 22.1 Å². The van der Waals surface area contributed by atoms with Crippen molar-refractivity contribution in [3.8, 4) is 22.3 Å². The number of benzene rings is 4. The van der Waals surface area contributed by atoms with Gasteiger partial charge >= 0.3 is 277 Å². The van der Waals surface area contributed by atoms with E-state index in [-0.39, 0.29) is 10.8 Å². The molecular formula is C44H52Ge. The minimum atomic E-state index is -2.86. The molecule has 0 saturated heterocycles. The molecule has 45 heavy (non-hydrogen) atoms. The van der Waals surface area contributed by atoms with Crippen molar-refractivity contribution in [2.45, 2.75) is 103 Å². The molecule has 0 N–H and O–H groups in total. The molecule has 0 nitrogen and oxygen atoms in total. The van der Waals surface area contributed by atoms with E-state index in [9.17, 15) is 0 Å². The van der Waals surface area contributed by atoms with Crippen LogP contribution in [0, 0.1) is 0 Å². The van der Waals surface area contributed by atoms with Gasteiger partial charge in [0.2, 0.25) is 0 Å². The van der Waals surface area contributed by atoms with E-state index in [0.717, 1.165) is 25.7 Å². The van der Waals surface area contributed by atoms with Crippen molar-refractivity contribution in [1.82, 2.24) is 0 Å². The summed E-state index contributed by atoms with van der Waals surface area (Å²) in [4.78, 5) is 0. The van der Waals surface area contributed by atoms with Crippen molar-refractivity contribution in [3.05, 3.63) is 129 Å². The summed E-state index contributed by atoms with van der Waals surface area (Å²) in [6.45, 7) is 18.6. The molecule has 0 heterocycles. The predicted octanol–water partition coefficient (Wildman–Crippen LogP) is 12.5. The van der Waals surface area contributed by atoms with E-state index in [0.29, 0.717) is 0 Å². The summed E-state index contributed by atoms with van der Waals surface area (Å²) in [5, 5.41) is 0. The van der Waals surface area contributed by atoms with E-state index in [4.69, 9.17) is 0 Å². The first-order chi connectivity index (χ1) is 21.3. The predicted molar refractivity (Wildman–Crippen MR) is 200 cm³/mol. The normalized spacial score (nSPS) is 15.2. The molecule has 0 aromatic heterocycles. The van der Waals surface area contributed by atoms with E-state index in [2.05, 4.69) is 152 Å². The van der Waals surface area contributed by atoms with Crippen molar-refractivity contribution in [1.29, 1.82) is 0 Å². The third kappa shape index (κ3) is 5.63. The van der Waals surface area contributed by atoms with Crippen LogP contribution < -0.4 is 0 Å². The van der Waals surface area contributed by atoms with E-state index >= 15 is 0 Å². The Hall–Kier alpha value is -3.10. The van der Waals surface area contributed by atoms with Crippen molar-refractivity contribution in [3.63, 3.8) is 0 Å². The summed E-state index contributed by atoms with van der Waals surface area (Å²) in [6, 6.07) is 33.1. The summed E-state index contributed by atoms with van der Waals surface area (Å²) in [7, 11) is 0. The molecule has 2 aliphatic rings. The second kappa shape index (κ2) is 11.6. The van der Waals surface area contributed by atoms with Gasteiger partial charge in [0, 0.05) is 0 Å². The van der Waals surface area contributed by atoms with Crippen molar-refractivity contribution in [2.75, 3.05) is 0 Å². The molecule has 0 unspecified atom stereocenters. The van der Waals surface area contributed by atoms with E-state index in [1.807, 2.05) is 0 Å². The van der Waals surface area contributed by atoms with Crippen LogP contribution in [-0.4, -0.2) is 13.3 Å². The molecule has 0 radical (unpaired) electrons. The van der Waals surface area contributed by atoms with Crippen molar-refractivity contribution in [2.24, 2.45) is 0 Å². The fourth-order valence-corrected chi connectivity index (χ4v) is 17.3. The molecule has 4 aromatic rings. The number of rotatable bonds is 6. The van der Waals surface area contributed by atoms with Gasteiger partial charge in [-0.25, -0.2) is 0 Å². The summed E-state index contributed by atoms with van der Waals surface area (Å²) in [5.41, 5.74) is 18.2. The quantitative estimate of drug-likeness (QED) is 0.182. The number of allylic oxidation sites excluding steroid dienone is 2. The summed E-state index contributed by atoms with van der Waals surface area (Å²) in [5.74, 6) is 5.41. The molecule has 0 fully saturated rings. The molecule has 0 bridgehead atoms. The topological polar surface area (TPSA) is 0 Å². The van der Waals surface area contributed by atoms with Gasteiger partial charge in [0.05, 0.1) is 0 Å². The van der Waals surface area contributed by atoms with Gasteiger partial charge in [0.1, 0.15) is 0 Å². The van der Waals surface area contributed by atoms with Crippen molar-refractivity contribution < 1.29 is 0 Å². The molecular weight excluding hydrogens is 601 g/mol. The monoisotopic (exact) mass is 654 g/mol. The zero-order chi connectivity index (χ0) is 32.3. The molecule has 0 spiro atoms.